The van der Waals surface area contributed by atoms with Gasteiger partial charge in [0.1, 0.15) is 5.69 Å². The molecule has 5 nitrogen and oxygen atoms in total. The van der Waals surface area contributed by atoms with Crippen LogP contribution in [0.4, 0.5) is 0 Å². The maximum atomic E-state index is 11.6. The molecule has 0 atom stereocenters. The van der Waals surface area contributed by atoms with E-state index in [2.05, 4.69) is 4.98 Å². The normalized spacial score (nSPS) is 10.8. The summed E-state index contributed by atoms with van der Waals surface area (Å²) in [5.74, 6) is -0.422. The van der Waals surface area contributed by atoms with E-state index < -0.39 is 5.97 Å². The van der Waals surface area contributed by atoms with Crippen LogP contribution in [0.25, 0.3) is 10.9 Å². The second kappa shape index (κ2) is 5.18. The monoisotopic (exact) mass is 248 g/mol. The average Bonchev–Trinajstić information content (AvgIpc) is 2.76. The maximum absolute atomic E-state index is 11.6. The van der Waals surface area contributed by atoms with E-state index in [0.29, 0.717) is 12.3 Å². The largest absolute Gasteiger partial charge is 0.461 e. The topological polar surface area (TPSA) is 64.3 Å². The molecule has 2 heterocycles. The Hall–Kier alpha value is -1.88. The highest BCUT2D eigenvalue weighted by Crippen LogP contribution is 2.21. The molecule has 0 saturated carbocycles. The number of aryl methyl sites for hydroxylation is 1. The van der Waals surface area contributed by atoms with Gasteiger partial charge in [-0.15, -0.1) is 0 Å². The highest BCUT2D eigenvalue weighted by Gasteiger charge is 2.13. The molecule has 2 aromatic heterocycles. The van der Waals surface area contributed by atoms with E-state index in [1.165, 1.54) is 0 Å². The first kappa shape index (κ1) is 12.6. The smallest absolute Gasteiger partial charge is 0.356 e. The van der Waals surface area contributed by atoms with Gasteiger partial charge in [0.25, 0.3) is 0 Å². The Kier molecular flexibility index (Phi) is 3.62. The number of carbonyl (C=O) groups is 1. The van der Waals surface area contributed by atoms with Crippen LogP contribution in [0.5, 0.6) is 0 Å². The molecule has 1 N–H and O–H groups in total. The molecule has 96 valence electrons. The number of hydrogen-bond donors (Lipinski definition) is 1. The minimum Gasteiger partial charge on any atom is -0.461 e. The first-order chi connectivity index (χ1) is 8.71. The number of hydrogen-bond acceptors (Lipinski definition) is 4. The highest BCUT2D eigenvalue weighted by molar-refractivity contribution is 5.93. The second-order valence-corrected chi connectivity index (χ2v) is 3.91. The number of fused-ring (bicyclic) bond motifs is 1. The molecule has 0 saturated heterocycles. The molecule has 0 aliphatic rings. The number of aliphatic hydroxyl groups excluding tert-OH is 1. The van der Waals surface area contributed by atoms with E-state index in [0.717, 1.165) is 23.0 Å². The molecule has 18 heavy (non-hydrogen) atoms. The molecule has 0 bridgehead atoms. The van der Waals surface area contributed by atoms with Crippen molar-refractivity contribution in [2.75, 3.05) is 6.61 Å². The van der Waals surface area contributed by atoms with Crippen LogP contribution in [0, 0.1) is 0 Å². The fourth-order valence-corrected chi connectivity index (χ4v) is 1.96. The highest BCUT2D eigenvalue weighted by atomic mass is 16.5. The maximum Gasteiger partial charge on any atom is 0.356 e. The number of aromatic nitrogens is 2. The number of aliphatic hydroxyl groups is 1. The summed E-state index contributed by atoms with van der Waals surface area (Å²) in [5.41, 5.74) is 2.00. The third-order valence-corrected chi connectivity index (χ3v) is 2.84. The lowest BCUT2D eigenvalue weighted by atomic mass is 10.2. The van der Waals surface area contributed by atoms with Gasteiger partial charge in [0, 0.05) is 29.9 Å². The molecule has 0 unspecified atom stereocenters. The molecule has 0 spiro atoms. The minimum atomic E-state index is -0.422. The van der Waals surface area contributed by atoms with Gasteiger partial charge in [-0.3, -0.25) is 0 Å². The van der Waals surface area contributed by atoms with Crippen LogP contribution in [0.2, 0.25) is 0 Å². The average molecular weight is 248 g/mol. The Bertz CT molecular complexity index is 575. The van der Waals surface area contributed by atoms with Crippen LogP contribution in [-0.2, 0) is 17.9 Å². The fourth-order valence-electron chi connectivity index (χ4n) is 1.96. The zero-order valence-corrected chi connectivity index (χ0v) is 10.5. The number of ether oxygens (including phenoxy) is 1. The Morgan fingerprint density at radius 3 is 2.89 bits per heavy atom. The van der Waals surface area contributed by atoms with Crippen LogP contribution < -0.4 is 0 Å². The zero-order valence-electron chi connectivity index (χ0n) is 10.5. The van der Waals surface area contributed by atoms with E-state index in [4.69, 9.17) is 4.74 Å². The zero-order chi connectivity index (χ0) is 13.1. The van der Waals surface area contributed by atoms with Gasteiger partial charge < -0.3 is 14.4 Å². The molecule has 0 radical (unpaired) electrons. The standard InChI is InChI=1S/C13H16N2O3/c1-3-15-7-9(8-16)10-6-14-11(5-12(10)15)13(17)18-4-2/h5-7,16H,3-4,8H2,1-2H3. The van der Waals surface area contributed by atoms with Crippen LogP contribution in [0.3, 0.4) is 0 Å². The number of nitrogens with zero attached hydrogens (tertiary/aromatic N) is 2. The predicted molar refractivity (Wildman–Crippen MR) is 67.3 cm³/mol. The Labute approximate surface area is 105 Å². The third-order valence-electron chi connectivity index (χ3n) is 2.84. The van der Waals surface area contributed by atoms with Gasteiger partial charge in [-0.25, -0.2) is 9.78 Å². The summed E-state index contributed by atoms with van der Waals surface area (Å²) < 4.78 is 6.90. The first-order valence-corrected chi connectivity index (χ1v) is 5.97. The lowest BCUT2D eigenvalue weighted by Crippen LogP contribution is -2.07. The van der Waals surface area contributed by atoms with E-state index >= 15 is 0 Å². The predicted octanol–water partition coefficient (Wildman–Crippen LogP) is 1.73. The summed E-state index contributed by atoms with van der Waals surface area (Å²) >= 11 is 0. The van der Waals surface area contributed by atoms with E-state index in [1.54, 1.807) is 19.2 Å². The summed E-state index contributed by atoms with van der Waals surface area (Å²) in [5, 5.41) is 10.1. The molecule has 2 aromatic rings. The van der Waals surface area contributed by atoms with Gasteiger partial charge in [-0.1, -0.05) is 0 Å². The van der Waals surface area contributed by atoms with Crippen molar-refractivity contribution < 1.29 is 14.6 Å². The molecule has 0 aliphatic heterocycles. The van der Waals surface area contributed by atoms with Crippen LogP contribution in [0.1, 0.15) is 29.9 Å². The third kappa shape index (κ3) is 2.09. The number of rotatable bonds is 4. The van der Waals surface area contributed by atoms with Crippen molar-refractivity contribution in [2.45, 2.75) is 27.0 Å². The molecule has 0 amide bonds. The second-order valence-electron chi connectivity index (χ2n) is 3.91. The number of pyridine rings is 1. The molecule has 5 heteroatoms. The van der Waals surface area contributed by atoms with Crippen molar-refractivity contribution in [3.63, 3.8) is 0 Å². The van der Waals surface area contributed by atoms with Crippen molar-refractivity contribution in [3.8, 4) is 0 Å². The summed E-state index contributed by atoms with van der Waals surface area (Å²) in [7, 11) is 0. The Morgan fingerprint density at radius 2 is 2.28 bits per heavy atom. The Morgan fingerprint density at radius 1 is 1.50 bits per heavy atom. The molecule has 0 fully saturated rings. The molecule has 2 rings (SSSR count). The quantitative estimate of drug-likeness (QED) is 0.837. The minimum absolute atomic E-state index is 0.0378. The summed E-state index contributed by atoms with van der Waals surface area (Å²) in [4.78, 5) is 15.7. The summed E-state index contributed by atoms with van der Waals surface area (Å²) in [6.07, 6.45) is 3.49. The van der Waals surface area contributed by atoms with Gasteiger partial charge in [0.15, 0.2) is 0 Å². The SMILES string of the molecule is CCOC(=O)c1cc2c(cn1)c(CO)cn2CC. The van der Waals surface area contributed by atoms with Crippen molar-refractivity contribution in [1.29, 1.82) is 0 Å². The first-order valence-electron chi connectivity index (χ1n) is 5.97. The molecular formula is C13H16N2O3. The number of esters is 1. The summed E-state index contributed by atoms with van der Waals surface area (Å²) in [6.45, 7) is 4.82. The van der Waals surface area contributed by atoms with Crippen molar-refractivity contribution in [3.05, 3.63) is 29.7 Å². The molecular weight excluding hydrogens is 232 g/mol. The van der Waals surface area contributed by atoms with Crippen molar-refractivity contribution >= 4 is 16.9 Å². The van der Waals surface area contributed by atoms with Crippen LogP contribution >= 0.6 is 0 Å². The van der Waals surface area contributed by atoms with Gasteiger partial charge in [0.2, 0.25) is 0 Å². The van der Waals surface area contributed by atoms with Gasteiger partial charge >= 0.3 is 5.97 Å². The fraction of sp³-hybridized carbons (Fsp3) is 0.385. The lowest BCUT2D eigenvalue weighted by molar-refractivity contribution is 0.0519. The van der Waals surface area contributed by atoms with Crippen LogP contribution in [0.15, 0.2) is 18.5 Å². The van der Waals surface area contributed by atoms with Gasteiger partial charge in [-0.05, 0) is 19.9 Å². The van der Waals surface area contributed by atoms with E-state index in [9.17, 15) is 9.90 Å². The molecule has 0 aromatic carbocycles. The van der Waals surface area contributed by atoms with Crippen LogP contribution in [-0.4, -0.2) is 27.2 Å². The van der Waals surface area contributed by atoms with E-state index in [1.807, 2.05) is 17.7 Å². The van der Waals surface area contributed by atoms with Crippen molar-refractivity contribution in [1.82, 2.24) is 9.55 Å². The lowest BCUT2D eigenvalue weighted by Gasteiger charge is -2.03. The molecule has 0 aliphatic carbocycles. The Balaban J connectivity index is 2.53. The van der Waals surface area contributed by atoms with E-state index in [-0.39, 0.29) is 6.61 Å². The van der Waals surface area contributed by atoms with Gasteiger partial charge in [0.05, 0.1) is 18.7 Å². The summed E-state index contributed by atoms with van der Waals surface area (Å²) in [6, 6.07) is 1.70. The number of carbonyl (C=O) groups excluding carboxylic acids is 1. The van der Waals surface area contributed by atoms with Crippen molar-refractivity contribution in [2.24, 2.45) is 0 Å². The van der Waals surface area contributed by atoms with Gasteiger partial charge in [-0.2, -0.15) is 0 Å².